The number of fused-ring (bicyclic) bond motifs is 5. The molecule has 26 heavy (non-hydrogen) atoms. The summed E-state index contributed by atoms with van der Waals surface area (Å²) >= 11 is 0. The average molecular weight is 360 g/mol. The second-order valence-corrected chi connectivity index (χ2v) is 9.98. The Morgan fingerprint density at radius 2 is 1.85 bits per heavy atom. The second-order valence-electron chi connectivity index (χ2n) is 9.98. The highest BCUT2D eigenvalue weighted by Gasteiger charge is 2.61. The first-order valence-corrected chi connectivity index (χ1v) is 10.9. The van der Waals surface area contributed by atoms with E-state index in [9.17, 15) is 10.2 Å². The molecule has 0 saturated heterocycles. The van der Waals surface area contributed by atoms with Crippen molar-refractivity contribution in [1.29, 1.82) is 0 Å². The molecule has 0 unspecified atom stereocenters. The molecule has 0 radical (unpaired) electrons. The third-order valence-corrected chi connectivity index (χ3v) is 8.71. The molecular weight excluding hydrogens is 322 g/mol. The van der Waals surface area contributed by atoms with Gasteiger partial charge in [-0.25, -0.2) is 0 Å². The zero-order valence-corrected chi connectivity index (χ0v) is 16.9. The topological polar surface area (TPSA) is 52.5 Å². The van der Waals surface area contributed by atoms with E-state index in [-0.39, 0.29) is 16.9 Å². The van der Waals surface area contributed by atoms with Gasteiger partial charge in [-0.15, -0.1) is 0 Å². The lowest BCUT2D eigenvalue weighted by atomic mass is 9.50. The van der Waals surface area contributed by atoms with E-state index in [0.717, 1.165) is 58.0 Å². The van der Waals surface area contributed by atoms with E-state index in [2.05, 4.69) is 38.2 Å². The number of nitrogens with one attached hydrogen (secondary N) is 1. The Balaban J connectivity index is 1.62. The molecule has 0 heterocycles. The van der Waals surface area contributed by atoms with Crippen molar-refractivity contribution < 1.29 is 10.2 Å². The van der Waals surface area contributed by atoms with E-state index in [1.54, 1.807) is 5.57 Å². The number of allylic oxidation sites excluding steroid dienone is 3. The van der Waals surface area contributed by atoms with Crippen LogP contribution >= 0.6 is 0 Å². The molecule has 0 aliphatic heterocycles. The van der Waals surface area contributed by atoms with Crippen LogP contribution in [0.5, 0.6) is 0 Å². The number of aliphatic hydroxyl groups is 2. The number of rotatable bonds is 4. The molecule has 4 aliphatic rings. The number of aliphatic hydroxyl groups excluding tert-OH is 1. The Kier molecular flexibility index (Phi) is 4.65. The summed E-state index contributed by atoms with van der Waals surface area (Å²) < 4.78 is 0. The lowest BCUT2D eigenvalue weighted by Gasteiger charge is -2.56. The highest BCUT2D eigenvalue weighted by Crippen LogP contribution is 2.65. The van der Waals surface area contributed by atoms with Gasteiger partial charge in [-0.05, 0) is 75.2 Å². The summed E-state index contributed by atoms with van der Waals surface area (Å²) in [5.41, 5.74) is 2.71. The van der Waals surface area contributed by atoms with Crippen molar-refractivity contribution in [2.75, 3.05) is 13.1 Å². The first-order valence-electron chi connectivity index (χ1n) is 10.9. The molecule has 3 saturated carbocycles. The molecule has 6 atom stereocenters. The van der Waals surface area contributed by atoms with Gasteiger partial charge in [-0.3, -0.25) is 0 Å². The van der Waals surface area contributed by atoms with Crippen LogP contribution in [0.1, 0.15) is 72.1 Å². The predicted octanol–water partition coefficient (Wildman–Crippen LogP) is 3.96. The van der Waals surface area contributed by atoms with Crippen LogP contribution < -0.4 is 5.32 Å². The van der Waals surface area contributed by atoms with Crippen LogP contribution in [-0.2, 0) is 0 Å². The monoisotopic (exact) mass is 359 g/mol. The van der Waals surface area contributed by atoms with Crippen molar-refractivity contribution in [1.82, 2.24) is 5.32 Å². The average Bonchev–Trinajstić information content (AvgIpc) is 2.87. The maximum absolute atomic E-state index is 11.6. The molecular formula is C23H37NO2. The van der Waals surface area contributed by atoms with Crippen molar-refractivity contribution in [2.24, 2.45) is 22.7 Å². The quantitative estimate of drug-likeness (QED) is 0.666. The van der Waals surface area contributed by atoms with Crippen molar-refractivity contribution in [2.45, 2.75) is 83.8 Å². The molecule has 146 valence electrons. The summed E-state index contributed by atoms with van der Waals surface area (Å²) in [7, 11) is 0. The summed E-state index contributed by atoms with van der Waals surface area (Å²) in [6.45, 7) is 8.69. The van der Waals surface area contributed by atoms with Crippen LogP contribution in [0.15, 0.2) is 23.3 Å². The maximum Gasteiger partial charge on any atom is 0.0830 e. The van der Waals surface area contributed by atoms with Gasteiger partial charge in [0.25, 0.3) is 0 Å². The third-order valence-electron chi connectivity index (χ3n) is 8.71. The third kappa shape index (κ3) is 2.57. The Labute approximate surface area is 159 Å². The van der Waals surface area contributed by atoms with Gasteiger partial charge in [0.2, 0.25) is 0 Å². The standard InChI is InChI=1S/C23H37NO2/c1-4-13-24-15-23(26)12-9-20-18-6-5-16-14-17(25)7-10-21(16,2)19(18)8-11-22(20,23)3/h5-6,17,19-20,24-26H,4,7-15H2,1-3H3/t17-,19-,20-,21-,22-,23+/m0/s1. The molecule has 3 heteroatoms. The van der Waals surface area contributed by atoms with Crippen molar-refractivity contribution in [3.05, 3.63) is 23.3 Å². The largest absolute Gasteiger partial charge is 0.393 e. The van der Waals surface area contributed by atoms with Crippen LogP contribution in [0.4, 0.5) is 0 Å². The molecule has 4 aliphatic carbocycles. The van der Waals surface area contributed by atoms with Gasteiger partial charge in [0.05, 0.1) is 11.7 Å². The lowest BCUT2D eigenvalue weighted by molar-refractivity contribution is -0.0829. The van der Waals surface area contributed by atoms with Gasteiger partial charge in [0, 0.05) is 12.0 Å². The van der Waals surface area contributed by atoms with Crippen LogP contribution in [0.3, 0.4) is 0 Å². The lowest BCUT2D eigenvalue weighted by Crippen LogP contribution is -2.55. The van der Waals surface area contributed by atoms with Crippen molar-refractivity contribution in [3.63, 3.8) is 0 Å². The van der Waals surface area contributed by atoms with E-state index >= 15 is 0 Å². The van der Waals surface area contributed by atoms with Crippen LogP contribution in [0.25, 0.3) is 0 Å². The molecule has 3 fully saturated rings. The van der Waals surface area contributed by atoms with Crippen molar-refractivity contribution >= 4 is 0 Å². The van der Waals surface area contributed by atoms with E-state index in [1.807, 2.05) is 0 Å². The SMILES string of the molecule is CCCNC[C@]1(O)CC[C@H]2C3=CC=C4C[C@@H](O)CC[C@]4(C)[C@H]3CC[C@@]21C. The second kappa shape index (κ2) is 6.46. The highest BCUT2D eigenvalue weighted by atomic mass is 16.3. The summed E-state index contributed by atoms with van der Waals surface area (Å²) in [5, 5.41) is 25.2. The highest BCUT2D eigenvalue weighted by molar-refractivity contribution is 5.39. The van der Waals surface area contributed by atoms with Gasteiger partial charge in [0.15, 0.2) is 0 Å². The van der Waals surface area contributed by atoms with Crippen LogP contribution in [-0.4, -0.2) is 35.0 Å². The fourth-order valence-electron chi connectivity index (χ4n) is 6.86. The maximum atomic E-state index is 11.6. The van der Waals surface area contributed by atoms with Gasteiger partial charge in [0.1, 0.15) is 0 Å². The van der Waals surface area contributed by atoms with Gasteiger partial charge in [-0.1, -0.05) is 44.1 Å². The fourth-order valence-corrected chi connectivity index (χ4v) is 6.86. The summed E-state index contributed by atoms with van der Waals surface area (Å²) in [5.74, 6) is 1.12. The van der Waals surface area contributed by atoms with Crippen molar-refractivity contribution in [3.8, 4) is 0 Å². The van der Waals surface area contributed by atoms with Crippen LogP contribution in [0.2, 0.25) is 0 Å². The predicted molar refractivity (Wildman–Crippen MR) is 106 cm³/mol. The zero-order chi connectivity index (χ0) is 18.6. The van der Waals surface area contributed by atoms with E-state index < -0.39 is 5.60 Å². The van der Waals surface area contributed by atoms with E-state index in [4.69, 9.17) is 0 Å². The molecule has 0 aromatic heterocycles. The Morgan fingerprint density at radius 1 is 1.08 bits per heavy atom. The minimum atomic E-state index is -0.577. The smallest absolute Gasteiger partial charge is 0.0830 e. The summed E-state index contributed by atoms with van der Waals surface area (Å²) in [4.78, 5) is 0. The molecule has 0 aromatic rings. The molecule has 4 rings (SSSR count). The fraction of sp³-hybridized carbons (Fsp3) is 0.826. The van der Waals surface area contributed by atoms with Gasteiger partial charge >= 0.3 is 0 Å². The Hall–Kier alpha value is -0.640. The molecule has 0 spiro atoms. The molecule has 3 N–H and O–H groups in total. The molecule has 0 bridgehead atoms. The minimum Gasteiger partial charge on any atom is -0.393 e. The number of hydrogen-bond acceptors (Lipinski definition) is 3. The first kappa shape index (κ1) is 18.7. The summed E-state index contributed by atoms with van der Waals surface area (Å²) in [6, 6.07) is 0. The Bertz CT molecular complexity index is 626. The van der Waals surface area contributed by atoms with Gasteiger partial charge < -0.3 is 15.5 Å². The Morgan fingerprint density at radius 3 is 2.62 bits per heavy atom. The summed E-state index contributed by atoms with van der Waals surface area (Å²) in [6.07, 6.45) is 12.9. The zero-order valence-electron chi connectivity index (χ0n) is 16.9. The number of hydrogen-bond donors (Lipinski definition) is 3. The normalized spacial score (nSPS) is 47.5. The van der Waals surface area contributed by atoms with Crippen LogP contribution in [0, 0.1) is 22.7 Å². The molecule has 0 amide bonds. The first-order chi connectivity index (χ1) is 12.3. The van der Waals surface area contributed by atoms with Gasteiger partial charge in [-0.2, -0.15) is 0 Å². The molecule has 3 nitrogen and oxygen atoms in total. The molecule has 0 aromatic carbocycles. The minimum absolute atomic E-state index is 0.00798. The van der Waals surface area contributed by atoms with E-state index in [0.29, 0.717) is 11.8 Å². The van der Waals surface area contributed by atoms with E-state index in [1.165, 1.54) is 12.0 Å².